The summed E-state index contributed by atoms with van der Waals surface area (Å²) in [4.78, 5) is 28.4. The van der Waals surface area contributed by atoms with E-state index in [9.17, 15) is 4.79 Å². The summed E-state index contributed by atoms with van der Waals surface area (Å²) in [5, 5.41) is 5.93. The minimum atomic E-state index is -0.298. The highest BCUT2D eigenvalue weighted by Crippen LogP contribution is 2.35. The molecule has 0 aromatic carbocycles. The summed E-state index contributed by atoms with van der Waals surface area (Å²) in [6, 6.07) is 5.40. The van der Waals surface area contributed by atoms with Crippen molar-refractivity contribution in [2.45, 2.75) is 13.3 Å². The van der Waals surface area contributed by atoms with Crippen molar-refractivity contribution in [2.75, 3.05) is 58.9 Å². The number of nitrogens with zero attached hydrogens (tertiary/aromatic N) is 4. The van der Waals surface area contributed by atoms with Crippen molar-refractivity contribution in [3.63, 3.8) is 0 Å². The lowest BCUT2D eigenvalue weighted by Crippen LogP contribution is -2.28. The summed E-state index contributed by atoms with van der Waals surface area (Å²) in [7, 11) is 4.00. The molecule has 1 unspecified atom stereocenters. The summed E-state index contributed by atoms with van der Waals surface area (Å²) in [5.41, 5.74) is 2.31. The van der Waals surface area contributed by atoms with Crippen molar-refractivity contribution in [3.05, 3.63) is 24.4 Å². The van der Waals surface area contributed by atoms with E-state index in [4.69, 9.17) is 19.2 Å². The van der Waals surface area contributed by atoms with E-state index in [0.29, 0.717) is 59.5 Å². The molecular formula is C23H30N6O4S. The van der Waals surface area contributed by atoms with Gasteiger partial charge in [-0.1, -0.05) is 11.3 Å². The third-order valence-corrected chi connectivity index (χ3v) is 6.10. The van der Waals surface area contributed by atoms with Crippen LogP contribution in [0.1, 0.15) is 13.3 Å². The number of carbonyl (C=O) groups is 1. The average molecular weight is 487 g/mol. The highest BCUT2D eigenvalue weighted by molar-refractivity contribution is 7.22. The first kappa shape index (κ1) is 24.1. The number of urea groups is 1. The van der Waals surface area contributed by atoms with Gasteiger partial charge in [-0.3, -0.25) is 5.32 Å². The second-order valence-corrected chi connectivity index (χ2v) is 9.22. The van der Waals surface area contributed by atoms with Crippen LogP contribution >= 0.6 is 11.3 Å². The number of hydrogen-bond acceptors (Lipinski definition) is 9. The highest BCUT2D eigenvalue weighted by atomic mass is 32.1. The molecule has 1 aliphatic rings. The maximum absolute atomic E-state index is 11.9. The van der Waals surface area contributed by atoms with Crippen LogP contribution in [0.25, 0.3) is 21.5 Å². The fraction of sp³-hybridized carbons (Fsp3) is 0.478. The normalized spacial score (nSPS) is 15.6. The second-order valence-electron chi connectivity index (χ2n) is 8.25. The maximum atomic E-state index is 11.9. The van der Waals surface area contributed by atoms with Crippen molar-refractivity contribution in [1.29, 1.82) is 0 Å². The molecule has 182 valence electrons. The van der Waals surface area contributed by atoms with Crippen LogP contribution in [-0.4, -0.2) is 79.5 Å². The van der Waals surface area contributed by atoms with E-state index in [1.54, 1.807) is 6.20 Å². The summed E-state index contributed by atoms with van der Waals surface area (Å²) in [6.07, 6.45) is 2.72. The Morgan fingerprint density at radius 1 is 1.29 bits per heavy atom. The van der Waals surface area contributed by atoms with E-state index in [1.165, 1.54) is 11.3 Å². The van der Waals surface area contributed by atoms with Gasteiger partial charge in [0.25, 0.3) is 0 Å². The third kappa shape index (κ3) is 6.31. The van der Waals surface area contributed by atoms with Gasteiger partial charge in [-0.05, 0) is 39.6 Å². The number of pyridine rings is 2. The van der Waals surface area contributed by atoms with E-state index in [0.717, 1.165) is 30.7 Å². The molecular weight excluding hydrogens is 456 g/mol. The van der Waals surface area contributed by atoms with Crippen LogP contribution < -0.4 is 20.1 Å². The number of aromatic nitrogens is 3. The van der Waals surface area contributed by atoms with Crippen LogP contribution in [0.2, 0.25) is 0 Å². The number of anilines is 1. The predicted octanol–water partition coefficient (Wildman–Crippen LogP) is 3.25. The van der Waals surface area contributed by atoms with Gasteiger partial charge in [-0.25, -0.2) is 19.7 Å². The molecule has 0 radical (unpaired) electrons. The van der Waals surface area contributed by atoms with Gasteiger partial charge >= 0.3 is 6.03 Å². The first-order chi connectivity index (χ1) is 16.5. The number of thiazole rings is 1. The smallest absolute Gasteiger partial charge is 0.321 e. The second kappa shape index (κ2) is 11.4. The largest absolute Gasteiger partial charge is 0.477 e. The van der Waals surface area contributed by atoms with E-state index in [1.807, 2.05) is 39.2 Å². The Kier molecular flexibility index (Phi) is 8.09. The Hall–Kier alpha value is -3.02. The van der Waals surface area contributed by atoms with Gasteiger partial charge in [0, 0.05) is 49.0 Å². The van der Waals surface area contributed by atoms with Crippen LogP contribution in [-0.2, 0) is 4.74 Å². The van der Waals surface area contributed by atoms with Gasteiger partial charge in [-0.2, -0.15) is 0 Å². The first-order valence-electron chi connectivity index (χ1n) is 11.3. The molecule has 1 saturated heterocycles. The molecule has 10 nitrogen and oxygen atoms in total. The lowest BCUT2D eigenvalue weighted by molar-refractivity contribution is 0.166. The molecule has 3 aromatic heterocycles. The zero-order chi connectivity index (χ0) is 23.9. The molecule has 4 heterocycles. The fourth-order valence-corrected chi connectivity index (χ4v) is 4.20. The molecule has 2 N–H and O–H groups in total. The van der Waals surface area contributed by atoms with E-state index < -0.39 is 0 Å². The zero-order valence-electron chi connectivity index (χ0n) is 19.7. The van der Waals surface area contributed by atoms with Crippen molar-refractivity contribution >= 4 is 32.8 Å². The zero-order valence-corrected chi connectivity index (χ0v) is 20.5. The molecule has 1 aliphatic heterocycles. The Labute approximate surface area is 202 Å². The maximum Gasteiger partial charge on any atom is 0.321 e. The molecule has 2 amide bonds. The number of carbonyl (C=O) groups excluding carboxylic acids is 1. The highest BCUT2D eigenvalue weighted by Gasteiger charge is 2.20. The molecule has 3 aromatic rings. The average Bonchev–Trinajstić information content (AvgIpc) is 3.46. The van der Waals surface area contributed by atoms with Crippen LogP contribution in [0.5, 0.6) is 11.8 Å². The van der Waals surface area contributed by atoms with Crippen LogP contribution in [0.4, 0.5) is 9.93 Å². The molecule has 0 bridgehead atoms. The number of nitrogens with one attached hydrogen (secondary N) is 2. The van der Waals surface area contributed by atoms with Gasteiger partial charge in [0.2, 0.25) is 11.8 Å². The van der Waals surface area contributed by atoms with Gasteiger partial charge in [-0.15, -0.1) is 0 Å². The topological polar surface area (TPSA) is 111 Å². The lowest BCUT2D eigenvalue weighted by Gasteiger charge is -2.14. The molecule has 0 saturated carbocycles. The molecule has 1 fully saturated rings. The number of amides is 2. The van der Waals surface area contributed by atoms with Crippen molar-refractivity contribution in [2.24, 2.45) is 5.92 Å². The summed E-state index contributed by atoms with van der Waals surface area (Å²) in [6.45, 7) is 5.73. The number of rotatable bonds is 10. The van der Waals surface area contributed by atoms with Gasteiger partial charge in [0.15, 0.2) is 5.13 Å². The van der Waals surface area contributed by atoms with Gasteiger partial charge in [0.05, 0.1) is 13.2 Å². The molecule has 11 heteroatoms. The monoisotopic (exact) mass is 486 g/mol. The molecule has 0 aliphatic carbocycles. The number of hydrogen-bond donors (Lipinski definition) is 2. The lowest BCUT2D eigenvalue weighted by atomic mass is 10.1. The summed E-state index contributed by atoms with van der Waals surface area (Å²) >= 11 is 1.30. The number of likely N-dealkylation sites (N-methyl/N-ethyl adjacent to an activating group) is 1. The number of fused-ring (bicyclic) bond motifs is 1. The van der Waals surface area contributed by atoms with E-state index in [-0.39, 0.29) is 6.03 Å². The predicted molar refractivity (Wildman–Crippen MR) is 132 cm³/mol. The minimum Gasteiger partial charge on any atom is -0.477 e. The summed E-state index contributed by atoms with van der Waals surface area (Å²) in [5.74, 6) is 1.41. The Morgan fingerprint density at radius 2 is 2.18 bits per heavy atom. The van der Waals surface area contributed by atoms with Gasteiger partial charge in [0.1, 0.15) is 17.0 Å². The van der Waals surface area contributed by atoms with Crippen LogP contribution in [0.3, 0.4) is 0 Å². The van der Waals surface area contributed by atoms with Gasteiger partial charge < -0.3 is 24.4 Å². The minimum absolute atomic E-state index is 0.298. The molecule has 4 rings (SSSR count). The van der Waals surface area contributed by atoms with E-state index in [2.05, 4.69) is 25.5 Å². The Morgan fingerprint density at radius 3 is 2.88 bits per heavy atom. The quantitative estimate of drug-likeness (QED) is 0.449. The molecule has 0 spiro atoms. The van der Waals surface area contributed by atoms with Crippen LogP contribution in [0.15, 0.2) is 24.4 Å². The van der Waals surface area contributed by atoms with Crippen molar-refractivity contribution in [3.8, 4) is 22.9 Å². The van der Waals surface area contributed by atoms with Crippen molar-refractivity contribution < 1.29 is 19.0 Å². The molecule has 34 heavy (non-hydrogen) atoms. The summed E-state index contributed by atoms with van der Waals surface area (Å²) < 4.78 is 17.3. The Balaban J connectivity index is 1.59. The third-order valence-electron chi connectivity index (χ3n) is 5.22. The standard InChI is InChI=1S/C23H30N6O4S/c1-4-24-22(30)28-23-26-18-11-17(16-5-6-19(25-12-16)32-10-8-29(2)3)20(27-21(18)34-23)33-14-15-7-9-31-13-15/h5-6,11-12,15H,4,7-10,13-14H2,1-3H3,(H2,24,26,28,30). The van der Waals surface area contributed by atoms with Crippen molar-refractivity contribution in [1.82, 2.24) is 25.2 Å². The number of ether oxygens (including phenoxy) is 3. The fourth-order valence-electron chi connectivity index (χ4n) is 3.39. The SMILES string of the molecule is CCNC(=O)Nc1nc2cc(-c3ccc(OCCN(C)C)nc3)c(OCC3CCOC3)nc2s1. The Bertz CT molecular complexity index is 1100. The van der Waals surface area contributed by atoms with E-state index >= 15 is 0 Å². The van der Waals surface area contributed by atoms with Crippen LogP contribution in [0, 0.1) is 5.92 Å². The molecule has 1 atom stereocenters. The first-order valence-corrected chi connectivity index (χ1v) is 12.1.